The minimum Gasteiger partial charge on any atom is -0.293 e. The van der Waals surface area contributed by atoms with Crippen molar-refractivity contribution in [3.8, 4) is 0 Å². The maximum absolute atomic E-state index is 12.9. The van der Waals surface area contributed by atoms with Gasteiger partial charge in [0, 0.05) is 33.0 Å². The van der Waals surface area contributed by atoms with Gasteiger partial charge in [0.1, 0.15) is 0 Å². The van der Waals surface area contributed by atoms with Crippen molar-refractivity contribution in [2.45, 2.75) is 13.8 Å². The molecule has 0 saturated heterocycles. The number of hydrogen-bond donors (Lipinski definition) is 0. The van der Waals surface area contributed by atoms with Crippen LogP contribution in [0.3, 0.4) is 0 Å². The highest BCUT2D eigenvalue weighted by atomic mass is 16.2. The zero-order chi connectivity index (χ0) is 22.0. The molecule has 4 heteroatoms. The summed E-state index contributed by atoms with van der Waals surface area (Å²) in [5.74, 6) is -1.94. The fraction of sp³-hybridized carbons (Fsp3) is 0.143. The average molecular weight is 416 g/mol. The summed E-state index contributed by atoms with van der Waals surface area (Å²) >= 11 is 0. The Hall–Kier alpha value is -3.92. The molecule has 2 aliphatic rings. The minimum absolute atomic E-state index is 0.146. The summed E-state index contributed by atoms with van der Waals surface area (Å²) in [6.07, 6.45) is 0. The van der Waals surface area contributed by atoms with Crippen molar-refractivity contribution < 1.29 is 19.2 Å². The maximum Gasteiger partial charge on any atom is 0.174 e. The van der Waals surface area contributed by atoms with Crippen LogP contribution < -0.4 is 0 Å². The summed E-state index contributed by atoms with van der Waals surface area (Å²) < 4.78 is 0. The van der Waals surface area contributed by atoms with Gasteiger partial charge in [-0.2, -0.15) is 0 Å². The average Bonchev–Trinajstić information content (AvgIpc) is 2.82. The molecule has 5 aromatic rings. The predicted octanol–water partition coefficient (Wildman–Crippen LogP) is 5.77. The first-order valence-corrected chi connectivity index (χ1v) is 10.8. The van der Waals surface area contributed by atoms with E-state index in [0.29, 0.717) is 33.0 Å². The zero-order valence-electron chi connectivity index (χ0n) is 17.4. The molecule has 0 fully saturated rings. The Balaban J connectivity index is 1.77. The molecule has 0 radical (unpaired) electrons. The Kier molecular flexibility index (Phi) is 3.03. The minimum atomic E-state index is -0.678. The van der Waals surface area contributed by atoms with E-state index in [2.05, 4.69) is 0 Å². The van der Waals surface area contributed by atoms with Crippen LogP contribution in [-0.2, 0) is 0 Å². The summed E-state index contributed by atoms with van der Waals surface area (Å²) in [7, 11) is 0. The van der Waals surface area contributed by atoms with Crippen LogP contribution in [0.4, 0.5) is 0 Å². The van der Waals surface area contributed by atoms with E-state index >= 15 is 0 Å². The molecule has 0 spiro atoms. The molecule has 0 bridgehead atoms. The molecule has 2 aliphatic carbocycles. The molecular formula is C28H16O4. The van der Waals surface area contributed by atoms with Gasteiger partial charge in [0.2, 0.25) is 0 Å². The van der Waals surface area contributed by atoms with E-state index in [4.69, 9.17) is 0 Å². The molecule has 0 heterocycles. The number of carbonyl (C=O) groups is 4. The van der Waals surface area contributed by atoms with Crippen LogP contribution >= 0.6 is 0 Å². The lowest BCUT2D eigenvalue weighted by Gasteiger charge is -2.25. The second kappa shape index (κ2) is 5.46. The van der Waals surface area contributed by atoms with Gasteiger partial charge in [0.15, 0.2) is 23.1 Å². The molecule has 0 unspecified atom stereocenters. The molecule has 152 valence electrons. The first-order valence-electron chi connectivity index (χ1n) is 10.8. The highest BCUT2D eigenvalue weighted by molar-refractivity contribution is 6.42. The number of hydrogen-bond acceptors (Lipinski definition) is 4. The highest BCUT2D eigenvalue weighted by Gasteiger charge is 2.36. The van der Waals surface area contributed by atoms with Gasteiger partial charge in [0.25, 0.3) is 0 Å². The molecule has 32 heavy (non-hydrogen) atoms. The molecular weight excluding hydrogens is 400 g/mol. The van der Waals surface area contributed by atoms with Gasteiger partial charge in [-0.3, -0.25) is 19.2 Å². The van der Waals surface area contributed by atoms with Gasteiger partial charge in [-0.25, -0.2) is 0 Å². The van der Waals surface area contributed by atoms with Crippen molar-refractivity contribution in [1.82, 2.24) is 0 Å². The van der Waals surface area contributed by atoms with Crippen molar-refractivity contribution >= 4 is 66.2 Å². The molecule has 0 saturated carbocycles. The molecule has 0 N–H and O–H groups in total. The van der Waals surface area contributed by atoms with Crippen LogP contribution in [0.15, 0.2) is 48.5 Å². The summed E-state index contributed by atoms with van der Waals surface area (Å²) in [5.41, 5.74) is 2.34. The van der Waals surface area contributed by atoms with Crippen molar-refractivity contribution in [2.24, 2.45) is 11.8 Å². The Morgan fingerprint density at radius 3 is 0.906 bits per heavy atom. The second-order valence-corrected chi connectivity index (χ2v) is 9.04. The van der Waals surface area contributed by atoms with E-state index in [1.165, 1.54) is 0 Å². The first kappa shape index (κ1) is 17.7. The first-order chi connectivity index (χ1) is 15.4. The van der Waals surface area contributed by atoms with Crippen molar-refractivity contribution in [1.29, 1.82) is 0 Å². The maximum atomic E-state index is 12.9. The van der Waals surface area contributed by atoms with E-state index in [0.717, 1.165) is 32.3 Å². The van der Waals surface area contributed by atoms with Crippen molar-refractivity contribution in [3.63, 3.8) is 0 Å². The molecule has 0 amide bonds. The normalized spacial score (nSPS) is 17.1. The molecule has 0 aromatic heterocycles. The van der Waals surface area contributed by atoms with Crippen LogP contribution in [0.2, 0.25) is 0 Å². The van der Waals surface area contributed by atoms with E-state index in [9.17, 15) is 19.2 Å². The zero-order valence-corrected chi connectivity index (χ0v) is 17.4. The Labute approximate surface area is 182 Å². The second-order valence-electron chi connectivity index (χ2n) is 9.04. The summed E-state index contributed by atoms with van der Waals surface area (Å²) in [5, 5.41) is 6.91. The van der Waals surface area contributed by atoms with Crippen LogP contribution in [0.25, 0.3) is 43.1 Å². The third-order valence-electron chi connectivity index (χ3n) is 7.54. The molecule has 4 nitrogen and oxygen atoms in total. The Morgan fingerprint density at radius 1 is 0.406 bits per heavy atom. The van der Waals surface area contributed by atoms with E-state index in [-0.39, 0.29) is 23.1 Å². The lowest BCUT2D eigenvalue weighted by molar-refractivity contribution is 0.0801. The van der Waals surface area contributed by atoms with Crippen LogP contribution in [0, 0.1) is 11.8 Å². The van der Waals surface area contributed by atoms with E-state index < -0.39 is 11.8 Å². The number of rotatable bonds is 0. The van der Waals surface area contributed by atoms with Gasteiger partial charge >= 0.3 is 0 Å². The number of carbonyl (C=O) groups excluding carboxylic acids is 4. The fourth-order valence-electron chi connectivity index (χ4n) is 5.88. The number of fused-ring (bicyclic) bond motifs is 2. The summed E-state index contributed by atoms with van der Waals surface area (Å²) in [6, 6.07) is 15.0. The lowest BCUT2D eigenvalue weighted by atomic mass is 9.75. The Morgan fingerprint density at radius 2 is 0.656 bits per heavy atom. The molecule has 7 rings (SSSR count). The molecule has 0 aliphatic heterocycles. The van der Waals surface area contributed by atoms with Gasteiger partial charge in [-0.15, -0.1) is 0 Å². The third kappa shape index (κ3) is 1.78. The molecule has 0 atom stereocenters. The monoisotopic (exact) mass is 416 g/mol. The standard InChI is InChI=1S/C28H16O4/c1-11-25(29)17-7-3-13-15-5-9-19-24-20(28(32)12(2)27(19)31)10-6-16(22(15)24)14-4-8-18(26(11)30)23(17)21(13)14/h3-12H,1-2H3. The van der Waals surface area contributed by atoms with Crippen LogP contribution in [-0.4, -0.2) is 23.1 Å². The topological polar surface area (TPSA) is 68.3 Å². The van der Waals surface area contributed by atoms with Gasteiger partial charge in [-0.1, -0.05) is 48.5 Å². The van der Waals surface area contributed by atoms with Gasteiger partial charge in [-0.05, 0) is 46.2 Å². The predicted molar refractivity (Wildman–Crippen MR) is 123 cm³/mol. The fourth-order valence-corrected chi connectivity index (χ4v) is 5.88. The number of Topliss-reactive ketones (excluding diaryl/α,β-unsaturated/α-hetero) is 4. The van der Waals surface area contributed by atoms with E-state index in [1.807, 2.05) is 48.5 Å². The highest BCUT2D eigenvalue weighted by Crippen LogP contribution is 2.46. The lowest BCUT2D eigenvalue weighted by Crippen LogP contribution is -2.27. The molecule has 5 aromatic carbocycles. The quantitative estimate of drug-likeness (QED) is 0.183. The summed E-state index contributed by atoms with van der Waals surface area (Å²) in [4.78, 5) is 51.7. The Bertz CT molecular complexity index is 1520. The smallest absolute Gasteiger partial charge is 0.174 e. The van der Waals surface area contributed by atoms with Crippen LogP contribution in [0.5, 0.6) is 0 Å². The number of ketones is 4. The SMILES string of the molecule is CC1C(=O)c2ccc3c4ccc5c6c(ccc(c7ccc(c2c37)C1=O)c64)C(=O)C(C)C5=O. The van der Waals surface area contributed by atoms with Gasteiger partial charge in [0.05, 0.1) is 11.8 Å². The number of benzene rings is 5. The largest absolute Gasteiger partial charge is 0.293 e. The summed E-state index contributed by atoms with van der Waals surface area (Å²) in [6.45, 7) is 3.33. The van der Waals surface area contributed by atoms with Crippen molar-refractivity contribution in [3.05, 3.63) is 70.8 Å². The van der Waals surface area contributed by atoms with Gasteiger partial charge < -0.3 is 0 Å². The van der Waals surface area contributed by atoms with Crippen LogP contribution in [0.1, 0.15) is 55.3 Å². The third-order valence-corrected chi connectivity index (χ3v) is 7.54. The van der Waals surface area contributed by atoms with E-state index in [1.54, 1.807) is 13.8 Å². The van der Waals surface area contributed by atoms with Crippen molar-refractivity contribution in [2.75, 3.05) is 0 Å².